The lowest BCUT2D eigenvalue weighted by molar-refractivity contribution is -0.139. The van der Waals surface area contributed by atoms with E-state index in [0.717, 1.165) is 44.6 Å². The molecule has 2 aromatic rings. The number of morpholine rings is 1. The Morgan fingerprint density at radius 2 is 1.77 bits per heavy atom. The summed E-state index contributed by atoms with van der Waals surface area (Å²) in [6, 6.07) is 5.15. The minimum Gasteiger partial charge on any atom is -0.490 e. The molecule has 2 N–H and O–H groups in total. The van der Waals surface area contributed by atoms with Crippen LogP contribution in [0.25, 0.3) is 0 Å². The molecule has 0 atom stereocenters. The third kappa shape index (κ3) is 6.92. The molecule has 2 saturated heterocycles. The van der Waals surface area contributed by atoms with E-state index in [-0.39, 0.29) is 0 Å². The van der Waals surface area contributed by atoms with Gasteiger partial charge in [-0.3, -0.25) is 0 Å². The van der Waals surface area contributed by atoms with Crippen LogP contribution < -0.4 is 24.7 Å². The summed E-state index contributed by atoms with van der Waals surface area (Å²) in [5.41, 5.74) is 3.67. The summed E-state index contributed by atoms with van der Waals surface area (Å²) in [5.74, 6) is 1.38. The summed E-state index contributed by atoms with van der Waals surface area (Å²) in [6.45, 7) is 6.38. The second kappa shape index (κ2) is 12.2. The van der Waals surface area contributed by atoms with Gasteiger partial charge in [-0.1, -0.05) is 0 Å². The summed E-state index contributed by atoms with van der Waals surface area (Å²) in [4.78, 5) is 29.0. The van der Waals surface area contributed by atoms with Crippen LogP contribution in [0.5, 0.6) is 11.5 Å². The second-order valence-electron chi connectivity index (χ2n) is 8.10. The van der Waals surface area contributed by atoms with Crippen LogP contribution in [0.1, 0.15) is 31.7 Å². The molecule has 4 rings (SSSR count). The predicted molar refractivity (Wildman–Crippen MR) is 131 cm³/mol. The summed E-state index contributed by atoms with van der Waals surface area (Å²) in [7, 11) is 0. The van der Waals surface area contributed by atoms with Crippen molar-refractivity contribution in [2.24, 2.45) is 5.10 Å². The lowest BCUT2D eigenvalue weighted by atomic mass is 10.1. The Morgan fingerprint density at radius 3 is 2.46 bits per heavy atom. The Balaban J connectivity index is 1.51. The van der Waals surface area contributed by atoms with Crippen molar-refractivity contribution >= 4 is 30.0 Å². The Hall–Kier alpha value is -3.67. The fraction of sp³-hybridized carbons (Fsp3) is 0.522. The minimum absolute atomic E-state index is 0.359. The molecule has 0 radical (unpaired) electrons. The van der Waals surface area contributed by atoms with Gasteiger partial charge >= 0.3 is 5.97 Å². The number of hydrogen-bond donors (Lipinski definition) is 2. The third-order valence-corrected chi connectivity index (χ3v) is 5.54. The maximum absolute atomic E-state index is 10.8. The second-order valence-corrected chi connectivity index (χ2v) is 8.10. The van der Waals surface area contributed by atoms with Crippen LogP contribution >= 0.6 is 0 Å². The molecule has 12 heteroatoms. The number of carboxylic acid groups (broad SMARTS) is 1. The summed E-state index contributed by atoms with van der Waals surface area (Å²) < 4.78 is 16.3. The van der Waals surface area contributed by atoms with E-state index in [2.05, 4.69) is 30.3 Å². The number of carbonyl (C=O) groups is 1. The highest BCUT2D eigenvalue weighted by Gasteiger charge is 2.20. The van der Waals surface area contributed by atoms with Gasteiger partial charge in [0.2, 0.25) is 17.8 Å². The number of rotatable bonds is 10. The van der Waals surface area contributed by atoms with Crippen molar-refractivity contribution in [1.82, 2.24) is 15.0 Å². The standard InChI is InChI=1S/C23H31N7O5/c1-2-34-19-14-17(6-7-18(19)35-16-20(31)32)15-24-28-21-25-22(29-8-4-3-5-9-29)27-23(26-21)30-10-12-33-13-11-30/h6-7,14-15H,2-5,8-13,16H2,1H3,(H,31,32)(H,25,26,27,28)/b24-15-. The lowest BCUT2D eigenvalue weighted by Crippen LogP contribution is -2.38. The molecule has 2 fully saturated rings. The number of ether oxygens (including phenoxy) is 3. The molecule has 1 aromatic heterocycles. The van der Waals surface area contributed by atoms with Crippen LogP contribution in [0.15, 0.2) is 23.3 Å². The van der Waals surface area contributed by atoms with Gasteiger partial charge in [-0.05, 0) is 49.9 Å². The van der Waals surface area contributed by atoms with E-state index in [0.29, 0.717) is 49.2 Å². The fourth-order valence-corrected chi connectivity index (χ4v) is 3.84. The van der Waals surface area contributed by atoms with Crippen LogP contribution in [0, 0.1) is 0 Å². The number of hydrazone groups is 1. The minimum atomic E-state index is -1.06. The van der Waals surface area contributed by atoms with E-state index in [1.807, 2.05) is 6.92 Å². The fourth-order valence-electron chi connectivity index (χ4n) is 3.84. The van der Waals surface area contributed by atoms with Crippen molar-refractivity contribution in [2.75, 3.05) is 67.8 Å². The van der Waals surface area contributed by atoms with Gasteiger partial charge in [0.25, 0.3) is 0 Å². The van der Waals surface area contributed by atoms with E-state index < -0.39 is 12.6 Å². The van der Waals surface area contributed by atoms with E-state index in [1.54, 1.807) is 24.4 Å². The molecule has 2 aliphatic heterocycles. The highest BCUT2D eigenvalue weighted by molar-refractivity contribution is 5.81. The number of anilines is 3. The van der Waals surface area contributed by atoms with Gasteiger partial charge in [-0.25, -0.2) is 10.2 Å². The molecule has 0 amide bonds. The van der Waals surface area contributed by atoms with Crippen molar-refractivity contribution in [2.45, 2.75) is 26.2 Å². The molecule has 2 aliphatic rings. The molecule has 0 bridgehead atoms. The molecular formula is C23H31N7O5. The quantitative estimate of drug-likeness (QED) is 0.378. The number of benzene rings is 1. The molecule has 0 unspecified atom stereocenters. The van der Waals surface area contributed by atoms with Gasteiger partial charge in [0.1, 0.15) is 0 Å². The van der Waals surface area contributed by atoms with E-state index in [9.17, 15) is 4.79 Å². The van der Waals surface area contributed by atoms with Gasteiger partial charge in [0.15, 0.2) is 18.1 Å². The lowest BCUT2D eigenvalue weighted by Gasteiger charge is -2.30. The Kier molecular flexibility index (Phi) is 8.49. The average Bonchev–Trinajstić information content (AvgIpc) is 2.89. The zero-order chi connectivity index (χ0) is 24.5. The zero-order valence-electron chi connectivity index (χ0n) is 19.9. The van der Waals surface area contributed by atoms with E-state index in [4.69, 9.17) is 24.3 Å². The normalized spacial score (nSPS) is 16.4. The highest BCUT2D eigenvalue weighted by atomic mass is 16.5. The van der Waals surface area contributed by atoms with Crippen molar-refractivity contribution in [3.63, 3.8) is 0 Å². The zero-order valence-corrected chi connectivity index (χ0v) is 19.9. The number of nitrogens with zero attached hydrogens (tertiary/aromatic N) is 6. The summed E-state index contributed by atoms with van der Waals surface area (Å²) in [5, 5.41) is 13.2. The topological polar surface area (TPSA) is 135 Å². The van der Waals surface area contributed by atoms with E-state index in [1.165, 1.54) is 6.42 Å². The first-order valence-electron chi connectivity index (χ1n) is 11.9. The van der Waals surface area contributed by atoms with Gasteiger partial charge in [0.05, 0.1) is 26.0 Å². The molecule has 0 spiro atoms. The first-order valence-corrected chi connectivity index (χ1v) is 11.9. The number of nitrogens with one attached hydrogen (secondary N) is 1. The SMILES string of the molecule is CCOc1cc(/C=N\Nc2nc(N3CCCCC3)nc(N3CCOCC3)n2)ccc1OCC(=O)O. The van der Waals surface area contributed by atoms with Gasteiger partial charge < -0.3 is 29.1 Å². The molecule has 12 nitrogen and oxygen atoms in total. The number of aromatic nitrogens is 3. The number of piperidine rings is 1. The largest absolute Gasteiger partial charge is 0.490 e. The Bertz CT molecular complexity index is 987. The van der Waals surface area contributed by atoms with Crippen molar-refractivity contribution < 1.29 is 24.1 Å². The molecule has 188 valence electrons. The summed E-state index contributed by atoms with van der Waals surface area (Å²) >= 11 is 0. The maximum atomic E-state index is 10.8. The van der Waals surface area contributed by atoms with Gasteiger partial charge in [-0.15, -0.1) is 0 Å². The van der Waals surface area contributed by atoms with Crippen LogP contribution in [0.4, 0.5) is 17.8 Å². The first-order chi connectivity index (χ1) is 17.1. The third-order valence-electron chi connectivity index (χ3n) is 5.54. The molecular weight excluding hydrogens is 454 g/mol. The Labute approximate surface area is 203 Å². The molecule has 1 aromatic carbocycles. The monoisotopic (exact) mass is 485 g/mol. The molecule has 0 saturated carbocycles. The molecule has 35 heavy (non-hydrogen) atoms. The number of hydrogen-bond acceptors (Lipinski definition) is 11. The van der Waals surface area contributed by atoms with Gasteiger partial charge in [0, 0.05) is 26.2 Å². The Morgan fingerprint density at radius 1 is 1.06 bits per heavy atom. The molecule has 3 heterocycles. The average molecular weight is 486 g/mol. The predicted octanol–water partition coefficient (Wildman–Crippen LogP) is 2.01. The number of carboxylic acids is 1. The smallest absolute Gasteiger partial charge is 0.341 e. The highest BCUT2D eigenvalue weighted by Crippen LogP contribution is 2.28. The maximum Gasteiger partial charge on any atom is 0.341 e. The van der Waals surface area contributed by atoms with Crippen molar-refractivity contribution in [3.05, 3.63) is 23.8 Å². The van der Waals surface area contributed by atoms with Crippen LogP contribution in [-0.4, -0.2) is 84.8 Å². The summed E-state index contributed by atoms with van der Waals surface area (Å²) in [6.07, 6.45) is 5.07. The van der Waals surface area contributed by atoms with Crippen LogP contribution in [0.3, 0.4) is 0 Å². The number of aliphatic carboxylic acids is 1. The van der Waals surface area contributed by atoms with Crippen molar-refractivity contribution in [1.29, 1.82) is 0 Å². The molecule has 0 aliphatic carbocycles. The van der Waals surface area contributed by atoms with Crippen molar-refractivity contribution in [3.8, 4) is 11.5 Å². The first kappa shape index (κ1) is 24.5. The van der Waals surface area contributed by atoms with Crippen LogP contribution in [-0.2, 0) is 9.53 Å². The van der Waals surface area contributed by atoms with Gasteiger partial charge in [-0.2, -0.15) is 20.1 Å². The van der Waals surface area contributed by atoms with E-state index >= 15 is 0 Å². The van der Waals surface area contributed by atoms with Crippen LogP contribution in [0.2, 0.25) is 0 Å².